The van der Waals surface area contributed by atoms with Crippen molar-refractivity contribution in [1.29, 1.82) is 0 Å². The average molecular weight is 372 g/mol. The summed E-state index contributed by atoms with van der Waals surface area (Å²) < 4.78 is 5.15. The zero-order valence-electron chi connectivity index (χ0n) is 16.1. The molecule has 2 fully saturated rings. The predicted molar refractivity (Wildman–Crippen MR) is 102 cm³/mol. The Kier molecular flexibility index (Phi) is 6.14. The van der Waals surface area contributed by atoms with E-state index in [9.17, 15) is 14.4 Å². The number of rotatable bonds is 5. The molecule has 1 aliphatic heterocycles. The van der Waals surface area contributed by atoms with Gasteiger partial charge in [0, 0.05) is 24.7 Å². The van der Waals surface area contributed by atoms with E-state index in [4.69, 9.17) is 4.74 Å². The van der Waals surface area contributed by atoms with Gasteiger partial charge in [0.2, 0.25) is 5.91 Å². The van der Waals surface area contributed by atoms with Crippen LogP contribution in [0.5, 0.6) is 0 Å². The van der Waals surface area contributed by atoms with Gasteiger partial charge in [0.25, 0.3) is 5.91 Å². The summed E-state index contributed by atoms with van der Waals surface area (Å²) in [5.41, 5.74) is 1.16. The smallest absolute Gasteiger partial charge is 0.338 e. The van der Waals surface area contributed by atoms with Crippen LogP contribution in [0.2, 0.25) is 0 Å². The number of anilines is 1. The van der Waals surface area contributed by atoms with E-state index in [1.54, 1.807) is 29.2 Å². The molecule has 27 heavy (non-hydrogen) atoms. The first-order valence-electron chi connectivity index (χ1n) is 9.82. The highest BCUT2D eigenvalue weighted by Crippen LogP contribution is 2.29. The Bertz CT molecular complexity index is 701. The van der Waals surface area contributed by atoms with E-state index in [1.807, 2.05) is 0 Å². The molecule has 2 amide bonds. The van der Waals surface area contributed by atoms with Gasteiger partial charge in [-0.05, 0) is 48.9 Å². The zero-order valence-corrected chi connectivity index (χ0v) is 16.1. The van der Waals surface area contributed by atoms with Crippen LogP contribution in [-0.4, -0.2) is 37.0 Å². The van der Waals surface area contributed by atoms with E-state index in [0.29, 0.717) is 30.4 Å². The number of benzene rings is 1. The predicted octanol–water partition coefficient (Wildman–Crippen LogP) is 2.91. The number of nitrogens with one attached hydrogen (secondary N) is 1. The Hall–Kier alpha value is -2.37. The molecule has 1 N–H and O–H groups in total. The molecule has 1 saturated carbocycles. The number of ether oxygens (including phenoxy) is 1. The van der Waals surface area contributed by atoms with Gasteiger partial charge in [-0.15, -0.1) is 0 Å². The average Bonchev–Trinajstić information content (AvgIpc) is 3.09. The third-order valence-corrected chi connectivity index (χ3v) is 5.88. The zero-order chi connectivity index (χ0) is 19.4. The molecule has 1 aliphatic carbocycles. The van der Waals surface area contributed by atoms with Gasteiger partial charge in [0.15, 0.2) is 6.61 Å². The first kappa shape index (κ1) is 19.4. The molecular weight excluding hydrogens is 344 g/mol. The third kappa shape index (κ3) is 4.67. The standard InChI is InChI=1S/C21H28N2O4/c1-14-5-3-6-18(15(14)2)22-19(24)13-27-21(26)16-8-10-17(11-9-16)23-12-4-7-20(23)25/h8-11,14-15,18H,3-7,12-13H2,1-2H3,(H,22,24)/t14-,15+,18-/m0/s1. The fraction of sp³-hybridized carbons (Fsp3) is 0.571. The lowest BCUT2D eigenvalue weighted by molar-refractivity contribution is -0.125. The Morgan fingerprint density at radius 2 is 1.89 bits per heavy atom. The van der Waals surface area contributed by atoms with Crippen LogP contribution >= 0.6 is 0 Å². The number of amides is 2. The van der Waals surface area contributed by atoms with Gasteiger partial charge >= 0.3 is 5.97 Å². The normalized spacial score (nSPS) is 25.3. The van der Waals surface area contributed by atoms with Crippen LogP contribution in [0.1, 0.15) is 56.3 Å². The molecule has 6 nitrogen and oxygen atoms in total. The summed E-state index contributed by atoms with van der Waals surface area (Å²) >= 11 is 0. The molecule has 1 aromatic rings. The Balaban J connectivity index is 1.48. The van der Waals surface area contributed by atoms with Crippen molar-refractivity contribution in [3.8, 4) is 0 Å². The first-order chi connectivity index (χ1) is 13.0. The van der Waals surface area contributed by atoms with E-state index in [2.05, 4.69) is 19.2 Å². The van der Waals surface area contributed by atoms with Crippen molar-refractivity contribution in [2.75, 3.05) is 18.1 Å². The van der Waals surface area contributed by atoms with E-state index in [-0.39, 0.29) is 24.5 Å². The SMILES string of the molecule is C[C@H]1[C@@H](NC(=O)COC(=O)c2ccc(N3CCCC3=O)cc2)CCC[C@@H]1C. The van der Waals surface area contributed by atoms with E-state index in [0.717, 1.165) is 24.9 Å². The lowest BCUT2D eigenvalue weighted by Gasteiger charge is -2.34. The fourth-order valence-corrected chi connectivity index (χ4v) is 3.95. The van der Waals surface area contributed by atoms with Crippen molar-refractivity contribution < 1.29 is 19.1 Å². The summed E-state index contributed by atoms with van der Waals surface area (Å²) in [5, 5.41) is 3.00. The molecule has 0 radical (unpaired) electrons. The van der Waals surface area contributed by atoms with Crippen LogP contribution in [0.3, 0.4) is 0 Å². The molecule has 1 heterocycles. The van der Waals surface area contributed by atoms with Crippen molar-refractivity contribution in [3.05, 3.63) is 29.8 Å². The van der Waals surface area contributed by atoms with Crippen molar-refractivity contribution in [2.24, 2.45) is 11.8 Å². The van der Waals surface area contributed by atoms with Gasteiger partial charge in [-0.25, -0.2) is 4.79 Å². The molecule has 0 bridgehead atoms. The summed E-state index contributed by atoms with van der Waals surface area (Å²) in [6.07, 6.45) is 4.71. The maximum absolute atomic E-state index is 12.2. The lowest BCUT2D eigenvalue weighted by Crippen LogP contribution is -2.45. The highest BCUT2D eigenvalue weighted by Gasteiger charge is 2.28. The lowest BCUT2D eigenvalue weighted by atomic mass is 9.78. The molecule has 0 spiro atoms. The van der Waals surface area contributed by atoms with Crippen LogP contribution in [0, 0.1) is 11.8 Å². The summed E-state index contributed by atoms with van der Waals surface area (Å²) in [7, 11) is 0. The quantitative estimate of drug-likeness (QED) is 0.807. The number of carbonyl (C=O) groups is 3. The highest BCUT2D eigenvalue weighted by molar-refractivity contribution is 5.96. The Morgan fingerprint density at radius 1 is 1.15 bits per heavy atom. The largest absolute Gasteiger partial charge is 0.452 e. The van der Waals surface area contributed by atoms with Crippen LogP contribution in [0.4, 0.5) is 5.69 Å². The van der Waals surface area contributed by atoms with Crippen LogP contribution < -0.4 is 10.2 Å². The number of nitrogens with zero attached hydrogens (tertiary/aromatic N) is 1. The molecular formula is C21H28N2O4. The van der Waals surface area contributed by atoms with E-state index < -0.39 is 5.97 Å². The third-order valence-electron chi connectivity index (χ3n) is 5.88. The summed E-state index contributed by atoms with van der Waals surface area (Å²) in [4.78, 5) is 37.8. The van der Waals surface area contributed by atoms with Crippen molar-refractivity contribution >= 4 is 23.5 Å². The van der Waals surface area contributed by atoms with Crippen molar-refractivity contribution in [3.63, 3.8) is 0 Å². The second kappa shape index (κ2) is 8.55. The van der Waals surface area contributed by atoms with Gasteiger partial charge in [0.1, 0.15) is 0 Å². The molecule has 6 heteroatoms. The maximum Gasteiger partial charge on any atom is 0.338 e. The highest BCUT2D eigenvalue weighted by atomic mass is 16.5. The molecule has 1 saturated heterocycles. The van der Waals surface area contributed by atoms with Gasteiger partial charge < -0.3 is 15.0 Å². The Morgan fingerprint density at radius 3 is 2.56 bits per heavy atom. The van der Waals surface area contributed by atoms with E-state index >= 15 is 0 Å². The second-order valence-electron chi connectivity index (χ2n) is 7.71. The number of hydrogen-bond donors (Lipinski definition) is 1. The second-order valence-corrected chi connectivity index (χ2v) is 7.71. The number of esters is 1. The Labute approximate surface area is 160 Å². The molecule has 3 rings (SSSR count). The van der Waals surface area contributed by atoms with Gasteiger partial charge in [0.05, 0.1) is 5.56 Å². The van der Waals surface area contributed by atoms with Crippen LogP contribution in [-0.2, 0) is 14.3 Å². The minimum absolute atomic E-state index is 0.105. The number of carbonyl (C=O) groups excluding carboxylic acids is 3. The summed E-state index contributed by atoms with van der Waals surface area (Å²) in [6, 6.07) is 6.89. The molecule has 1 aromatic carbocycles. The molecule has 0 unspecified atom stereocenters. The van der Waals surface area contributed by atoms with Gasteiger partial charge in [-0.3, -0.25) is 9.59 Å². The van der Waals surface area contributed by atoms with Crippen molar-refractivity contribution in [2.45, 2.75) is 52.0 Å². The first-order valence-corrected chi connectivity index (χ1v) is 9.82. The van der Waals surface area contributed by atoms with Crippen molar-refractivity contribution in [1.82, 2.24) is 5.32 Å². The van der Waals surface area contributed by atoms with Crippen LogP contribution in [0.15, 0.2) is 24.3 Å². The molecule has 3 atom stereocenters. The fourth-order valence-electron chi connectivity index (χ4n) is 3.95. The van der Waals surface area contributed by atoms with Gasteiger partial charge in [-0.1, -0.05) is 26.7 Å². The van der Waals surface area contributed by atoms with E-state index in [1.165, 1.54) is 6.42 Å². The summed E-state index contributed by atoms with van der Waals surface area (Å²) in [6.45, 7) is 4.81. The molecule has 0 aromatic heterocycles. The van der Waals surface area contributed by atoms with Gasteiger partial charge in [-0.2, -0.15) is 0 Å². The molecule has 146 valence electrons. The molecule has 2 aliphatic rings. The maximum atomic E-state index is 12.2. The monoisotopic (exact) mass is 372 g/mol. The minimum Gasteiger partial charge on any atom is -0.452 e. The summed E-state index contributed by atoms with van der Waals surface area (Å²) in [5.74, 6) is 0.336. The van der Waals surface area contributed by atoms with Crippen LogP contribution in [0.25, 0.3) is 0 Å². The number of hydrogen-bond acceptors (Lipinski definition) is 4. The minimum atomic E-state index is -0.533. The topological polar surface area (TPSA) is 75.7 Å².